The van der Waals surface area contributed by atoms with E-state index in [-0.39, 0.29) is 0 Å². The van der Waals surface area contributed by atoms with Crippen molar-refractivity contribution in [3.8, 4) is 22.6 Å². The highest BCUT2D eigenvalue weighted by molar-refractivity contribution is 6.04. The average Bonchev–Trinajstić information content (AvgIpc) is 3.33. The molecule has 0 unspecified atom stereocenters. The van der Waals surface area contributed by atoms with Gasteiger partial charge in [-0.2, -0.15) is 0 Å². The molecular formula is C34H34N4O2. The first-order valence-electron chi connectivity index (χ1n) is 14.6. The van der Waals surface area contributed by atoms with Crippen LogP contribution in [-0.2, 0) is 6.54 Å². The van der Waals surface area contributed by atoms with E-state index in [4.69, 9.17) is 4.98 Å². The molecule has 1 fully saturated rings. The number of carboxylic acids is 1. The standard InChI is InChI=1S/C34H34N4O2/c1-21-15-17-35-29(19-21)28-14-11-24-27(37-28)13-12-26-32(24)36-16-5-6-18-38-30-20-23(34(39)40)9-10-25(30)31(33(26)38)22-7-3-2-4-8-22/h9-15,17,19-20,22,36H,2-8,16,18H2,1H3,(H,39,40). The monoisotopic (exact) mass is 530 g/mol. The van der Waals surface area contributed by atoms with Gasteiger partial charge in [-0.1, -0.05) is 25.3 Å². The van der Waals surface area contributed by atoms with Gasteiger partial charge in [-0.15, -0.1) is 0 Å². The van der Waals surface area contributed by atoms with Crippen LogP contribution in [0.25, 0.3) is 44.5 Å². The minimum Gasteiger partial charge on any atom is -0.478 e. The van der Waals surface area contributed by atoms with Gasteiger partial charge in [-0.3, -0.25) is 4.98 Å². The number of carboxylic acid groups (broad SMARTS) is 1. The van der Waals surface area contributed by atoms with Gasteiger partial charge in [0, 0.05) is 41.1 Å². The van der Waals surface area contributed by atoms with Crippen LogP contribution in [0.3, 0.4) is 0 Å². The van der Waals surface area contributed by atoms with E-state index in [1.165, 1.54) is 54.3 Å². The number of aryl methyl sites for hydroxylation is 2. The SMILES string of the molecule is Cc1ccnc(-c2ccc3c4c(ccc3n2)-c2c(C3CCCCC3)c3ccc(C(=O)O)cc3n2CCCCN4)c1. The first-order chi connectivity index (χ1) is 19.6. The fraction of sp³-hybridized carbons (Fsp3) is 0.324. The Bertz CT molecular complexity index is 1760. The molecule has 1 saturated carbocycles. The molecule has 1 aliphatic carbocycles. The van der Waals surface area contributed by atoms with Gasteiger partial charge in [0.1, 0.15) is 0 Å². The predicted molar refractivity (Wildman–Crippen MR) is 161 cm³/mol. The fourth-order valence-corrected chi connectivity index (χ4v) is 6.86. The lowest BCUT2D eigenvalue weighted by molar-refractivity contribution is 0.0697. The Morgan fingerprint density at radius 3 is 2.60 bits per heavy atom. The number of aromatic carboxylic acids is 1. The van der Waals surface area contributed by atoms with Crippen molar-refractivity contribution < 1.29 is 9.90 Å². The molecule has 0 amide bonds. The van der Waals surface area contributed by atoms with E-state index >= 15 is 0 Å². The largest absolute Gasteiger partial charge is 0.478 e. The van der Waals surface area contributed by atoms with Crippen molar-refractivity contribution in [2.45, 2.75) is 64.3 Å². The smallest absolute Gasteiger partial charge is 0.335 e. The lowest BCUT2D eigenvalue weighted by atomic mass is 9.81. The number of aromatic nitrogens is 3. The summed E-state index contributed by atoms with van der Waals surface area (Å²) in [6.07, 6.45) is 10.0. The van der Waals surface area contributed by atoms with Crippen molar-refractivity contribution in [2.75, 3.05) is 11.9 Å². The molecule has 40 heavy (non-hydrogen) atoms. The van der Waals surface area contributed by atoms with Crippen molar-refractivity contribution in [3.63, 3.8) is 0 Å². The number of nitrogens with zero attached hydrogens (tertiary/aromatic N) is 3. The molecule has 0 atom stereocenters. The summed E-state index contributed by atoms with van der Waals surface area (Å²) in [4.78, 5) is 21.6. The van der Waals surface area contributed by atoms with Crippen LogP contribution in [0.4, 0.5) is 5.69 Å². The maximum absolute atomic E-state index is 12.0. The van der Waals surface area contributed by atoms with Gasteiger partial charge < -0.3 is 15.0 Å². The highest BCUT2D eigenvalue weighted by Gasteiger charge is 2.29. The second kappa shape index (κ2) is 10.1. The van der Waals surface area contributed by atoms with Gasteiger partial charge >= 0.3 is 5.97 Å². The summed E-state index contributed by atoms with van der Waals surface area (Å²) in [6, 6.07) is 18.4. The highest BCUT2D eigenvalue weighted by Crippen LogP contribution is 2.47. The predicted octanol–water partition coefficient (Wildman–Crippen LogP) is 8.18. The Labute approximate surface area is 234 Å². The van der Waals surface area contributed by atoms with E-state index in [2.05, 4.69) is 58.2 Å². The van der Waals surface area contributed by atoms with Crippen LogP contribution in [0, 0.1) is 6.92 Å². The zero-order chi connectivity index (χ0) is 27.2. The van der Waals surface area contributed by atoms with Crippen LogP contribution in [0.5, 0.6) is 0 Å². The molecule has 6 nitrogen and oxygen atoms in total. The van der Waals surface area contributed by atoms with E-state index < -0.39 is 5.97 Å². The summed E-state index contributed by atoms with van der Waals surface area (Å²) in [7, 11) is 0. The quantitative estimate of drug-likeness (QED) is 0.246. The Morgan fingerprint density at radius 2 is 1.77 bits per heavy atom. The van der Waals surface area contributed by atoms with Gasteiger partial charge in [0.05, 0.1) is 33.8 Å². The molecule has 7 rings (SSSR count). The van der Waals surface area contributed by atoms with Crippen LogP contribution in [0.1, 0.15) is 72.3 Å². The lowest BCUT2D eigenvalue weighted by Gasteiger charge is -2.24. The van der Waals surface area contributed by atoms with Gasteiger partial charge in [0.25, 0.3) is 0 Å². The zero-order valence-electron chi connectivity index (χ0n) is 22.9. The molecule has 6 heteroatoms. The maximum atomic E-state index is 12.0. The van der Waals surface area contributed by atoms with Crippen LogP contribution >= 0.6 is 0 Å². The minimum atomic E-state index is -0.877. The highest BCUT2D eigenvalue weighted by atomic mass is 16.4. The third-order valence-electron chi connectivity index (χ3n) is 8.78. The van der Waals surface area contributed by atoms with Crippen molar-refractivity contribution in [1.29, 1.82) is 0 Å². The summed E-state index contributed by atoms with van der Waals surface area (Å²) < 4.78 is 2.42. The molecule has 202 valence electrons. The third kappa shape index (κ3) is 4.23. The van der Waals surface area contributed by atoms with Crippen LogP contribution in [-0.4, -0.2) is 32.2 Å². The van der Waals surface area contributed by atoms with E-state index in [0.29, 0.717) is 11.5 Å². The van der Waals surface area contributed by atoms with E-state index in [9.17, 15) is 9.90 Å². The molecule has 5 aromatic rings. The first kappa shape index (κ1) is 24.8. The molecule has 1 aliphatic heterocycles. The second-order valence-corrected chi connectivity index (χ2v) is 11.4. The normalized spacial score (nSPS) is 16.0. The Balaban J connectivity index is 1.49. The van der Waals surface area contributed by atoms with E-state index in [0.717, 1.165) is 65.0 Å². The van der Waals surface area contributed by atoms with Crippen molar-refractivity contribution in [2.24, 2.45) is 0 Å². The molecule has 2 aromatic carbocycles. The Morgan fingerprint density at radius 1 is 0.925 bits per heavy atom. The number of rotatable bonds is 3. The molecule has 0 radical (unpaired) electrons. The number of carbonyl (C=O) groups is 1. The lowest BCUT2D eigenvalue weighted by Crippen LogP contribution is -2.08. The van der Waals surface area contributed by atoms with Crippen LogP contribution < -0.4 is 5.32 Å². The number of pyridine rings is 2. The molecule has 3 aromatic heterocycles. The Kier molecular flexibility index (Phi) is 6.26. The summed E-state index contributed by atoms with van der Waals surface area (Å²) >= 11 is 0. The zero-order valence-corrected chi connectivity index (χ0v) is 22.9. The number of benzene rings is 2. The van der Waals surface area contributed by atoms with Gasteiger partial charge in [-0.25, -0.2) is 9.78 Å². The van der Waals surface area contributed by atoms with Crippen LogP contribution in [0.15, 0.2) is 60.8 Å². The minimum absolute atomic E-state index is 0.348. The average molecular weight is 531 g/mol. The van der Waals surface area contributed by atoms with Crippen molar-refractivity contribution in [3.05, 3.63) is 77.5 Å². The number of anilines is 1. The molecule has 0 bridgehead atoms. The summed E-state index contributed by atoms with van der Waals surface area (Å²) in [5.41, 5.74) is 10.2. The molecule has 0 saturated heterocycles. The summed E-state index contributed by atoms with van der Waals surface area (Å²) in [5.74, 6) is -0.404. The van der Waals surface area contributed by atoms with Crippen LogP contribution in [0.2, 0.25) is 0 Å². The molecule has 4 heterocycles. The fourth-order valence-electron chi connectivity index (χ4n) is 6.86. The van der Waals surface area contributed by atoms with Gasteiger partial charge in [0.15, 0.2) is 0 Å². The van der Waals surface area contributed by atoms with Crippen molar-refractivity contribution >= 4 is 33.5 Å². The topological polar surface area (TPSA) is 80.0 Å². The van der Waals surface area contributed by atoms with Gasteiger partial charge in [0.2, 0.25) is 0 Å². The third-order valence-corrected chi connectivity index (χ3v) is 8.78. The molecular weight excluding hydrogens is 496 g/mol. The first-order valence-corrected chi connectivity index (χ1v) is 14.6. The maximum Gasteiger partial charge on any atom is 0.335 e. The summed E-state index contributed by atoms with van der Waals surface area (Å²) in [6.45, 7) is 3.83. The second-order valence-electron chi connectivity index (χ2n) is 11.4. The van der Waals surface area contributed by atoms with Crippen molar-refractivity contribution in [1.82, 2.24) is 14.5 Å². The Hall–Kier alpha value is -4.19. The summed E-state index contributed by atoms with van der Waals surface area (Å²) in [5, 5.41) is 15.9. The van der Waals surface area contributed by atoms with Gasteiger partial charge in [-0.05, 0) is 98.2 Å². The molecule has 2 N–H and O–H groups in total. The van der Waals surface area contributed by atoms with E-state index in [1.807, 2.05) is 18.3 Å². The van der Waals surface area contributed by atoms with E-state index in [1.54, 1.807) is 6.07 Å². The number of fused-ring (bicyclic) bond motifs is 7. The number of hydrogen-bond donors (Lipinski definition) is 2. The number of hydrogen-bond acceptors (Lipinski definition) is 4. The molecule has 2 aliphatic rings. The number of nitrogens with one attached hydrogen (secondary N) is 1. The molecule has 0 spiro atoms.